The van der Waals surface area contributed by atoms with Gasteiger partial charge in [-0.1, -0.05) is 6.92 Å². The third-order valence-corrected chi connectivity index (χ3v) is 4.04. The summed E-state index contributed by atoms with van der Waals surface area (Å²) in [6.45, 7) is 9.87. The van der Waals surface area contributed by atoms with Crippen LogP contribution in [0, 0.1) is 0 Å². The van der Waals surface area contributed by atoms with Crippen molar-refractivity contribution in [3.8, 4) is 0 Å². The summed E-state index contributed by atoms with van der Waals surface area (Å²) in [5.74, 6) is 0. The van der Waals surface area contributed by atoms with Crippen molar-refractivity contribution in [3.05, 3.63) is 30.1 Å². The van der Waals surface area contributed by atoms with Gasteiger partial charge in [-0.25, -0.2) is 4.98 Å². The van der Waals surface area contributed by atoms with Crippen LogP contribution in [0.1, 0.15) is 12.5 Å². The molecule has 114 valence electrons. The van der Waals surface area contributed by atoms with E-state index in [1.807, 2.05) is 12.3 Å². The number of nitrogens with zero attached hydrogens (tertiary/aromatic N) is 3. The molecule has 0 atom stereocenters. The zero-order chi connectivity index (χ0) is 14.5. The van der Waals surface area contributed by atoms with Gasteiger partial charge in [-0.2, -0.15) is 0 Å². The lowest BCUT2D eigenvalue weighted by atomic mass is 10.2. The first-order chi connectivity index (χ1) is 10.4. The Hall–Kier alpha value is -1.43. The quantitative estimate of drug-likeness (QED) is 0.874. The van der Waals surface area contributed by atoms with Crippen LogP contribution in [0.25, 0.3) is 11.0 Å². The Kier molecular flexibility index (Phi) is 4.85. The Bertz CT molecular complexity index is 575. The van der Waals surface area contributed by atoms with Crippen LogP contribution in [-0.4, -0.2) is 53.8 Å². The molecule has 0 aliphatic carbocycles. The second-order valence-electron chi connectivity index (χ2n) is 5.46. The van der Waals surface area contributed by atoms with E-state index in [1.165, 1.54) is 10.9 Å². The zero-order valence-corrected chi connectivity index (χ0v) is 12.7. The van der Waals surface area contributed by atoms with Crippen molar-refractivity contribution in [3.63, 3.8) is 0 Å². The van der Waals surface area contributed by atoms with E-state index in [2.05, 4.69) is 39.0 Å². The Morgan fingerprint density at radius 3 is 2.95 bits per heavy atom. The predicted molar refractivity (Wildman–Crippen MR) is 84.4 cm³/mol. The summed E-state index contributed by atoms with van der Waals surface area (Å²) in [6.07, 6.45) is 4.13. The molecule has 5 nitrogen and oxygen atoms in total. The molecule has 0 amide bonds. The minimum atomic E-state index is 0.857. The maximum atomic E-state index is 5.40. The standard InChI is InChI=1S/C16H24N4O/c1-2-17-12-14-13-20(16-15(14)4-3-5-18-16)7-6-19-8-10-21-11-9-19/h3-5,13,17H,2,6-12H2,1H3. The molecule has 0 radical (unpaired) electrons. The minimum Gasteiger partial charge on any atom is -0.379 e. The lowest BCUT2D eigenvalue weighted by molar-refractivity contribution is 0.0365. The summed E-state index contributed by atoms with van der Waals surface area (Å²) in [7, 11) is 0. The van der Waals surface area contributed by atoms with Gasteiger partial charge in [0.05, 0.1) is 13.2 Å². The molecule has 0 saturated carbocycles. The van der Waals surface area contributed by atoms with E-state index in [1.54, 1.807) is 0 Å². The Morgan fingerprint density at radius 2 is 2.14 bits per heavy atom. The van der Waals surface area contributed by atoms with Crippen LogP contribution in [-0.2, 0) is 17.8 Å². The van der Waals surface area contributed by atoms with E-state index in [0.717, 1.165) is 58.1 Å². The van der Waals surface area contributed by atoms with Gasteiger partial charge in [-0.05, 0) is 24.2 Å². The molecule has 3 rings (SSSR count). The number of aromatic nitrogens is 2. The van der Waals surface area contributed by atoms with Crippen molar-refractivity contribution in [2.75, 3.05) is 39.4 Å². The highest BCUT2D eigenvalue weighted by molar-refractivity contribution is 5.80. The first-order valence-electron chi connectivity index (χ1n) is 7.82. The molecule has 1 fully saturated rings. The largest absolute Gasteiger partial charge is 0.379 e. The first kappa shape index (κ1) is 14.5. The van der Waals surface area contributed by atoms with Crippen molar-refractivity contribution in [1.29, 1.82) is 0 Å². The second kappa shape index (κ2) is 7.02. The molecule has 1 aliphatic heterocycles. The summed E-state index contributed by atoms with van der Waals surface area (Å²) in [5, 5.41) is 4.67. The lowest BCUT2D eigenvalue weighted by Gasteiger charge is -2.26. The van der Waals surface area contributed by atoms with Gasteiger partial charge in [-0.15, -0.1) is 0 Å². The van der Waals surface area contributed by atoms with Crippen LogP contribution in [0.2, 0.25) is 0 Å². The molecule has 21 heavy (non-hydrogen) atoms. The van der Waals surface area contributed by atoms with Gasteiger partial charge in [0.25, 0.3) is 0 Å². The zero-order valence-electron chi connectivity index (χ0n) is 12.7. The fourth-order valence-electron chi connectivity index (χ4n) is 2.84. The fraction of sp³-hybridized carbons (Fsp3) is 0.562. The summed E-state index contributed by atoms with van der Waals surface area (Å²) < 4.78 is 7.69. The Morgan fingerprint density at radius 1 is 1.29 bits per heavy atom. The summed E-state index contributed by atoms with van der Waals surface area (Å²) >= 11 is 0. The lowest BCUT2D eigenvalue weighted by Crippen LogP contribution is -2.38. The van der Waals surface area contributed by atoms with Crippen LogP contribution in [0.3, 0.4) is 0 Å². The maximum absolute atomic E-state index is 5.40. The molecule has 2 aromatic heterocycles. The average molecular weight is 288 g/mol. The monoisotopic (exact) mass is 288 g/mol. The smallest absolute Gasteiger partial charge is 0.140 e. The molecular formula is C16H24N4O. The molecule has 1 saturated heterocycles. The minimum absolute atomic E-state index is 0.857. The number of hydrogen-bond acceptors (Lipinski definition) is 4. The first-order valence-corrected chi connectivity index (χ1v) is 7.82. The number of ether oxygens (including phenoxy) is 1. The summed E-state index contributed by atoms with van der Waals surface area (Å²) in [5.41, 5.74) is 2.43. The highest BCUT2D eigenvalue weighted by atomic mass is 16.5. The van der Waals surface area contributed by atoms with Crippen LogP contribution in [0.15, 0.2) is 24.5 Å². The van der Waals surface area contributed by atoms with E-state index in [9.17, 15) is 0 Å². The van der Waals surface area contributed by atoms with Crippen LogP contribution in [0.5, 0.6) is 0 Å². The van der Waals surface area contributed by atoms with Gasteiger partial charge < -0.3 is 14.6 Å². The molecule has 5 heteroatoms. The van der Waals surface area contributed by atoms with Gasteiger partial charge in [0.15, 0.2) is 0 Å². The molecule has 0 bridgehead atoms. The summed E-state index contributed by atoms with van der Waals surface area (Å²) in [4.78, 5) is 7.03. The number of rotatable bonds is 6. The highest BCUT2D eigenvalue weighted by Crippen LogP contribution is 2.19. The topological polar surface area (TPSA) is 42.3 Å². The van der Waals surface area contributed by atoms with Crippen LogP contribution < -0.4 is 5.32 Å². The highest BCUT2D eigenvalue weighted by Gasteiger charge is 2.12. The van der Waals surface area contributed by atoms with Crippen LogP contribution >= 0.6 is 0 Å². The van der Waals surface area contributed by atoms with Crippen molar-refractivity contribution in [1.82, 2.24) is 19.8 Å². The van der Waals surface area contributed by atoms with Crippen molar-refractivity contribution >= 4 is 11.0 Å². The molecule has 0 aromatic carbocycles. The number of pyridine rings is 1. The molecule has 1 aliphatic rings. The van der Waals surface area contributed by atoms with Crippen molar-refractivity contribution < 1.29 is 4.74 Å². The van der Waals surface area contributed by atoms with E-state index >= 15 is 0 Å². The maximum Gasteiger partial charge on any atom is 0.140 e. The van der Waals surface area contributed by atoms with E-state index in [0.29, 0.717) is 0 Å². The third-order valence-electron chi connectivity index (χ3n) is 4.04. The van der Waals surface area contributed by atoms with Crippen molar-refractivity contribution in [2.24, 2.45) is 0 Å². The summed E-state index contributed by atoms with van der Waals surface area (Å²) in [6, 6.07) is 4.18. The molecule has 3 heterocycles. The van der Waals surface area contributed by atoms with Gasteiger partial charge in [0.1, 0.15) is 5.65 Å². The fourth-order valence-corrected chi connectivity index (χ4v) is 2.84. The van der Waals surface area contributed by atoms with Gasteiger partial charge >= 0.3 is 0 Å². The normalized spacial score (nSPS) is 16.6. The number of hydrogen-bond donors (Lipinski definition) is 1. The van der Waals surface area contributed by atoms with E-state index in [4.69, 9.17) is 4.74 Å². The van der Waals surface area contributed by atoms with E-state index < -0.39 is 0 Å². The van der Waals surface area contributed by atoms with Gasteiger partial charge in [0, 0.05) is 50.5 Å². The van der Waals surface area contributed by atoms with E-state index in [-0.39, 0.29) is 0 Å². The SMILES string of the molecule is CCNCc1cn(CCN2CCOCC2)c2ncccc12. The molecule has 0 unspecified atom stereocenters. The number of fused-ring (bicyclic) bond motifs is 1. The molecule has 1 N–H and O–H groups in total. The Balaban J connectivity index is 1.74. The third kappa shape index (κ3) is 3.43. The van der Waals surface area contributed by atoms with Gasteiger partial charge in [-0.3, -0.25) is 4.90 Å². The number of nitrogens with one attached hydrogen (secondary N) is 1. The number of morpholine rings is 1. The molecule has 0 spiro atoms. The molecule has 2 aromatic rings. The van der Waals surface area contributed by atoms with Crippen LogP contribution in [0.4, 0.5) is 0 Å². The average Bonchev–Trinajstić information content (AvgIpc) is 2.90. The second-order valence-corrected chi connectivity index (χ2v) is 5.46. The predicted octanol–water partition coefficient (Wildman–Crippen LogP) is 1.48. The van der Waals surface area contributed by atoms with Gasteiger partial charge in [0.2, 0.25) is 0 Å². The molecular weight excluding hydrogens is 264 g/mol. The Labute approximate surface area is 125 Å². The van der Waals surface area contributed by atoms with Crippen molar-refractivity contribution in [2.45, 2.75) is 20.0 Å².